The van der Waals surface area contributed by atoms with Crippen molar-refractivity contribution in [2.45, 2.75) is 0 Å². The van der Waals surface area contributed by atoms with Crippen LogP contribution in [0.25, 0.3) is 0 Å². The maximum absolute atomic E-state index is 10.9. The summed E-state index contributed by atoms with van der Waals surface area (Å²) >= 11 is 0. The molecule has 0 aromatic carbocycles. The first-order valence-electron chi connectivity index (χ1n) is 3.20. The highest BCUT2D eigenvalue weighted by atomic mass is 16.6. The third kappa shape index (κ3) is 0.829. The average Bonchev–Trinajstić information content (AvgIpc) is 2.28. The molecular formula is C7H2BNO3. The number of cyclic esters (lactones) is 2. The molecule has 1 aliphatic rings. The SMILES string of the molecule is [B]c1cnc2c(c1)C(=O)OC2=O. The Kier molecular flexibility index (Phi) is 1.27. The first-order chi connectivity index (χ1) is 5.68. The molecule has 1 aliphatic heterocycles. The molecule has 0 aliphatic carbocycles. The van der Waals surface area contributed by atoms with Gasteiger partial charge in [-0.2, -0.15) is 0 Å². The Morgan fingerprint density at radius 2 is 2.08 bits per heavy atom. The van der Waals surface area contributed by atoms with E-state index in [1.807, 2.05) is 0 Å². The molecule has 0 bridgehead atoms. The van der Waals surface area contributed by atoms with Crippen LogP contribution in [0.15, 0.2) is 12.3 Å². The third-order valence-corrected chi connectivity index (χ3v) is 1.51. The van der Waals surface area contributed by atoms with Crippen molar-refractivity contribution >= 4 is 25.2 Å². The topological polar surface area (TPSA) is 56.3 Å². The molecule has 56 valence electrons. The summed E-state index contributed by atoms with van der Waals surface area (Å²) in [5.74, 6) is -1.40. The van der Waals surface area contributed by atoms with Crippen LogP contribution in [-0.2, 0) is 4.74 Å². The smallest absolute Gasteiger partial charge is 0.365 e. The van der Waals surface area contributed by atoms with Crippen molar-refractivity contribution in [1.82, 2.24) is 4.98 Å². The number of hydrogen-bond acceptors (Lipinski definition) is 4. The largest absolute Gasteiger partial charge is 0.384 e. The van der Waals surface area contributed by atoms with E-state index in [-0.39, 0.29) is 11.3 Å². The number of carbonyl (C=O) groups excluding carboxylic acids is 2. The van der Waals surface area contributed by atoms with Gasteiger partial charge in [0.05, 0.1) is 5.56 Å². The van der Waals surface area contributed by atoms with E-state index >= 15 is 0 Å². The molecule has 0 fully saturated rings. The van der Waals surface area contributed by atoms with Crippen molar-refractivity contribution in [1.29, 1.82) is 0 Å². The van der Waals surface area contributed by atoms with E-state index in [1.165, 1.54) is 12.3 Å². The minimum Gasteiger partial charge on any atom is -0.384 e. The lowest BCUT2D eigenvalue weighted by atomic mass is 9.96. The fourth-order valence-electron chi connectivity index (χ4n) is 0.987. The summed E-state index contributed by atoms with van der Waals surface area (Å²) in [6, 6.07) is 1.37. The average molecular weight is 159 g/mol. The van der Waals surface area contributed by atoms with E-state index in [0.29, 0.717) is 5.46 Å². The summed E-state index contributed by atoms with van der Waals surface area (Å²) in [5.41, 5.74) is 0.509. The Labute approximate surface area is 69.0 Å². The van der Waals surface area contributed by atoms with E-state index in [1.54, 1.807) is 0 Å². The second-order valence-corrected chi connectivity index (χ2v) is 2.34. The molecule has 1 aromatic rings. The van der Waals surface area contributed by atoms with Crippen LogP contribution in [0.1, 0.15) is 20.8 Å². The highest BCUT2D eigenvalue weighted by Gasteiger charge is 2.30. The van der Waals surface area contributed by atoms with Crippen LogP contribution >= 0.6 is 0 Å². The highest BCUT2D eigenvalue weighted by Crippen LogP contribution is 2.14. The summed E-state index contributed by atoms with van der Waals surface area (Å²) in [7, 11) is 5.36. The lowest BCUT2D eigenvalue weighted by molar-refractivity contribution is 0.0441. The molecule has 2 radical (unpaired) electrons. The lowest BCUT2D eigenvalue weighted by Crippen LogP contribution is -2.08. The van der Waals surface area contributed by atoms with Crippen LogP contribution in [0.2, 0.25) is 0 Å². The highest BCUT2D eigenvalue weighted by molar-refractivity contribution is 6.33. The van der Waals surface area contributed by atoms with E-state index in [4.69, 9.17) is 7.85 Å². The first-order valence-corrected chi connectivity index (χ1v) is 3.20. The van der Waals surface area contributed by atoms with Crippen molar-refractivity contribution in [3.8, 4) is 0 Å². The maximum Gasteiger partial charge on any atom is 0.365 e. The van der Waals surface area contributed by atoms with Crippen molar-refractivity contribution in [2.24, 2.45) is 0 Å². The molecule has 1 aromatic heterocycles. The van der Waals surface area contributed by atoms with Gasteiger partial charge in [0.15, 0.2) is 5.69 Å². The molecule has 0 unspecified atom stereocenters. The van der Waals surface area contributed by atoms with Gasteiger partial charge in [0.25, 0.3) is 0 Å². The zero-order chi connectivity index (χ0) is 8.72. The molecule has 0 spiro atoms. The van der Waals surface area contributed by atoms with Crippen LogP contribution in [0, 0.1) is 0 Å². The molecule has 12 heavy (non-hydrogen) atoms. The fourth-order valence-corrected chi connectivity index (χ4v) is 0.987. The van der Waals surface area contributed by atoms with E-state index in [9.17, 15) is 9.59 Å². The van der Waals surface area contributed by atoms with E-state index < -0.39 is 11.9 Å². The summed E-state index contributed by atoms with van der Waals surface area (Å²) in [6.45, 7) is 0. The van der Waals surface area contributed by atoms with Crippen molar-refractivity contribution in [3.05, 3.63) is 23.5 Å². The predicted molar refractivity (Wildman–Crippen MR) is 39.4 cm³/mol. The molecular weight excluding hydrogens is 157 g/mol. The molecule has 0 N–H and O–H groups in total. The maximum atomic E-state index is 10.9. The number of fused-ring (bicyclic) bond motifs is 1. The van der Waals surface area contributed by atoms with Gasteiger partial charge in [-0.15, -0.1) is 0 Å². The molecule has 4 nitrogen and oxygen atoms in total. The number of aromatic nitrogens is 1. The van der Waals surface area contributed by atoms with Crippen LogP contribution in [0.5, 0.6) is 0 Å². The molecule has 5 heteroatoms. The minimum atomic E-state index is -0.713. The Morgan fingerprint density at radius 1 is 1.33 bits per heavy atom. The zero-order valence-corrected chi connectivity index (χ0v) is 5.90. The van der Waals surface area contributed by atoms with Crippen molar-refractivity contribution in [2.75, 3.05) is 0 Å². The van der Waals surface area contributed by atoms with Gasteiger partial charge >= 0.3 is 11.9 Å². The van der Waals surface area contributed by atoms with Crippen LogP contribution in [0.3, 0.4) is 0 Å². The Bertz CT molecular complexity index is 388. The lowest BCUT2D eigenvalue weighted by Gasteiger charge is -1.92. The summed E-state index contributed by atoms with van der Waals surface area (Å²) < 4.78 is 4.29. The van der Waals surface area contributed by atoms with Gasteiger partial charge in [0.1, 0.15) is 7.85 Å². The summed E-state index contributed by atoms with van der Waals surface area (Å²) in [5, 5.41) is 0. The summed E-state index contributed by atoms with van der Waals surface area (Å²) in [4.78, 5) is 25.4. The molecule has 0 saturated carbocycles. The van der Waals surface area contributed by atoms with Crippen LogP contribution in [-0.4, -0.2) is 24.8 Å². The van der Waals surface area contributed by atoms with Gasteiger partial charge in [0, 0.05) is 6.20 Å². The first kappa shape index (κ1) is 7.03. The van der Waals surface area contributed by atoms with Gasteiger partial charge in [0.2, 0.25) is 0 Å². The minimum absolute atomic E-state index is 0.0363. The van der Waals surface area contributed by atoms with Gasteiger partial charge in [-0.1, -0.05) is 11.5 Å². The monoisotopic (exact) mass is 159 g/mol. The molecule has 0 amide bonds. The van der Waals surface area contributed by atoms with E-state index in [0.717, 1.165) is 0 Å². The molecule has 2 heterocycles. The number of carbonyl (C=O) groups is 2. The summed E-state index contributed by atoms with van der Waals surface area (Å²) in [6.07, 6.45) is 1.30. The zero-order valence-electron chi connectivity index (χ0n) is 5.90. The quantitative estimate of drug-likeness (QED) is 0.282. The number of ether oxygens (including phenoxy) is 1. The molecule has 2 rings (SSSR count). The number of pyridine rings is 1. The van der Waals surface area contributed by atoms with Crippen LogP contribution in [0.4, 0.5) is 0 Å². The van der Waals surface area contributed by atoms with E-state index in [2.05, 4.69) is 9.72 Å². The normalized spacial score (nSPS) is 14.3. The molecule has 0 saturated heterocycles. The Balaban J connectivity index is 2.68. The second kappa shape index (κ2) is 2.17. The van der Waals surface area contributed by atoms with Gasteiger partial charge in [-0.3, -0.25) is 0 Å². The standard InChI is InChI=1S/C7H2BNO3/c8-3-1-4-5(9-2-3)7(11)12-6(4)10/h1-2H. The Morgan fingerprint density at radius 3 is 2.83 bits per heavy atom. The van der Waals surface area contributed by atoms with Crippen molar-refractivity contribution in [3.63, 3.8) is 0 Å². The molecule has 0 atom stereocenters. The van der Waals surface area contributed by atoms with Gasteiger partial charge < -0.3 is 4.74 Å². The Hall–Kier alpha value is -1.65. The van der Waals surface area contributed by atoms with Gasteiger partial charge in [-0.05, 0) is 0 Å². The second-order valence-electron chi connectivity index (χ2n) is 2.34. The number of hydrogen-bond donors (Lipinski definition) is 0. The number of esters is 2. The fraction of sp³-hybridized carbons (Fsp3) is 0. The third-order valence-electron chi connectivity index (χ3n) is 1.51. The predicted octanol–water partition coefficient (Wildman–Crippen LogP) is -0.814. The van der Waals surface area contributed by atoms with Gasteiger partial charge in [-0.25, -0.2) is 14.6 Å². The van der Waals surface area contributed by atoms with Crippen LogP contribution < -0.4 is 5.46 Å². The van der Waals surface area contributed by atoms with Crippen molar-refractivity contribution < 1.29 is 14.3 Å². The number of nitrogens with zero attached hydrogens (tertiary/aromatic N) is 1. The number of rotatable bonds is 0.